The van der Waals surface area contributed by atoms with E-state index in [9.17, 15) is 10.1 Å². The third-order valence-corrected chi connectivity index (χ3v) is 1.82. The quantitative estimate of drug-likeness (QED) is 0.334. The lowest BCUT2D eigenvalue weighted by Crippen LogP contribution is -1.97. The van der Waals surface area contributed by atoms with E-state index in [1.165, 1.54) is 4.68 Å². The Morgan fingerprint density at radius 2 is 2.43 bits per heavy atom. The molecule has 0 atom stereocenters. The van der Waals surface area contributed by atoms with Crippen LogP contribution in [-0.2, 0) is 6.54 Å². The lowest BCUT2D eigenvalue weighted by atomic mass is 10.4. The average molecular weight is 216 g/mol. The highest BCUT2D eigenvalue weighted by molar-refractivity contribution is 6.18. The summed E-state index contributed by atoms with van der Waals surface area (Å²) in [4.78, 5) is 9.97. The van der Waals surface area contributed by atoms with Crippen molar-refractivity contribution in [3.8, 4) is 0 Å². The number of allylic oxidation sites excluding steroid dienone is 2. The van der Waals surface area contributed by atoms with Crippen LogP contribution in [0.15, 0.2) is 18.3 Å². The van der Waals surface area contributed by atoms with Crippen molar-refractivity contribution in [2.45, 2.75) is 13.5 Å². The molecule has 0 saturated heterocycles. The molecule has 0 unspecified atom stereocenters. The Balaban J connectivity index is 2.76. The first-order chi connectivity index (χ1) is 6.65. The van der Waals surface area contributed by atoms with E-state index in [0.29, 0.717) is 18.0 Å². The van der Waals surface area contributed by atoms with Crippen LogP contribution in [0, 0.1) is 17.0 Å². The zero-order chi connectivity index (χ0) is 10.6. The Hall–Kier alpha value is -1.36. The molecule has 1 aromatic heterocycles. The standard InChI is InChI=1S/C8H10ClN3O2/c1-7-6-11(5-3-2-4-9)10-8(7)12(13)14/h2-3,6H,4-5H2,1H3. The third kappa shape index (κ3) is 2.56. The second kappa shape index (κ2) is 4.76. The number of rotatable bonds is 4. The minimum absolute atomic E-state index is 0.0933. The molecule has 0 radical (unpaired) electrons. The highest BCUT2D eigenvalue weighted by atomic mass is 35.5. The molecular weight excluding hydrogens is 206 g/mol. The monoisotopic (exact) mass is 215 g/mol. The van der Waals surface area contributed by atoms with Gasteiger partial charge in [-0.2, -0.15) is 4.68 Å². The minimum Gasteiger partial charge on any atom is -0.358 e. The van der Waals surface area contributed by atoms with Gasteiger partial charge in [-0.05, 0) is 11.8 Å². The Morgan fingerprint density at radius 1 is 1.71 bits per heavy atom. The van der Waals surface area contributed by atoms with Crippen molar-refractivity contribution in [1.82, 2.24) is 9.78 Å². The third-order valence-electron chi connectivity index (χ3n) is 1.64. The van der Waals surface area contributed by atoms with E-state index in [4.69, 9.17) is 11.6 Å². The lowest BCUT2D eigenvalue weighted by Gasteiger charge is -1.87. The maximum Gasteiger partial charge on any atom is 0.392 e. The lowest BCUT2D eigenvalue weighted by molar-refractivity contribution is -0.390. The second-order valence-corrected chi connectivity index (χ2v) is 3.05. The summed E-state index contributed by atoms with van der Waals surface area (Å²) in [7, 11) is 0. The van der Waals surface area contributed by atoms with Crippen molar-refractivity contribution in [3.63, 3.8) is 0 Å². The van der Waals surface area contributed by atoms with Gasteiger partial charge in [-0.25, -0.2) is 0 Å². The van der Waals surface area contributed by atoms with Crippen molar-refractivity contribution in [3.05, 3.63) is 34.0 Å². The molecular formula is C8H10ClN3O2. The van der Waals surface area contributed by atoms with Gasteiger partial charge in [-0.3, -0.25) is 0 Å². The summed E-state index contributed by atoms with van der Waals surface area (Å²) < 4.78 is 1.51. The molecule has 6 heteroatoms. The van der Waals surface area contributed by atoms with E-state index in [-0.39, 0.29) is 5.82 Å². The van der Waals surface area contributed by atoms with Crippen LogP contribution in [0.3, 0.4) is 0 Å². The summed E-state index contributed by atoms with van der Waals surface area (Å²) >= 11 is 5.43. The first-order valence-electron chi connectivity index (χ1n) is 4.04. The van der Waals surface area contributed by atoms with Crippen LogP contribution >= 0.6 is 11.6 Å². The molecule has 0 saturated carbocycles. The fourth-order valence-corrected chi connectivity index (χ4v) is 1.16. The van der Waals surface area contributed by atoms with Gasteiger partial charge in [0.15, 0.2) is 0 Å². The Labute approximate surface area is 86.1 Å². The van der Waals surface area contributed by atoms with E-state index < -0.39 is 4.92 Å². The Bertz CT molecular complexity index is 359. The summed E-state index contributed by atoms with van der Waals surface area (Å²) in [6.45, 7) is 2.16. The number of halogens is 1. The Morgan fingerprint density at radius 3 is 2.93 bits per heavy atom. The van der Waals surface area contributed by atoms with E-state index >= 15 is 0 Å². The van der Waals surface area contributed by atoms with Crippen molar-refractivity contribution >= 4 is 17.4 Å². The van der Waals surface area contributed by atoms with Gasteiger partial charge in [0, 0.05) is 5.88 Å². The van der Waals surface area contributed by atoms with Gasteiger partial charge in [-0.15, -0.1) is 11.6 Å². The van der Waals surface area contributed by atoms with Crippen molar-refractivity contribution in [2.75, 3.05) is 5.88 Å². The molecule has 1 aromatic rings. The molecule has 0 spiro atoms. The van der Waals surface area contributed by atoms with Gasteiger partial charge in [-0.1, -0.05) is 12.2 Å². The molecule has 0 aliphatic carbocycles. The zero-order valence-electron chi connectivity index (χ0n) is 7.68. The van der Waals surface area contributed by atoms with Crippen LogP contribution in [0.4, 0.5) is 5.82 Å². The number of nitrogens with zero attached hydrogens (tertiary/aromatic N) is 3. The van der Waals surface area contributed by atoms with Gasteiger partial charge in [0.2, 0.25) is 0 Å². The zero-order valence-corrected chi connectivity index (χ0v) is 8.44. The summed E-state index contributed by atoms with van der Waals surface area (Å²) in [6, 6.07) is 0. The number of nitro groups is 1. The van der Waals surface area contributed by atoms with E-state index in [0.717, 1.165) is 0 Å². The molecule has 0 aliphatic rings. The van der Waals surface area contributed by atoms with Crippen LogP contribution in [-0.4, -0.2) is 20.6 Å². The summed E-state index contributed by atoms with van der Waals surface area (Å²) in [5, 5.41) is 14.3. The number of hydrogen-bond donors (Lipinski definition) is 0. The van der Waals surface area contributed by atoms with Crippen LogP contribution in [0.1, 0.15) is 5.56 Å². The van der Waals surface area contributed by atoms with E-state index in [1.807, 2.05) is 6.08 Å². The topological polar surface area (TPSA) is 61.0 Å². The molecule has 1 heterocycles. The molecule has 0 fully saturated rings. The van der Waals surface area contributed by atoms with Crippen LogP contribution in [0.25, 0.3) is 0 Å². The van der Waals surface area contributed by atoms with Gasteiger partial charge in [0.05, 0.1) is 23.4 Å². The summed E-state index contributed by atoms with van der Waals surface area (Å²) in [5.41, 5.74) is 0.564. The van der Waals surface area contributed by atoms with Gasteiger partial charge in [0.1, 0.15) is 0 Å². The van der Waals surface area contributed by atoms with Crippen molar-refractivity contribution in [2.24, 2.45) is 0 Å². The first kappa shape index (κ1) is 10.7. The summed E-state index contributed by atoms with van der Waals surface area (Å²) in [6.07, 6.45) is 5.21. The SMILES string of the molecule is Cc1cn(CC=CCCl)nc1[N+](=O)[O-]. The van der Waals surface area contributed by atoms with E-state index in [2.05, 4.69) is 5.10 Å². The molecule has 76 valence electrons. The predicted octanol–water partition coefficient (Wildman–Crippen LogP) is 1.89. The van der Waals surface area contributed by atoms with Crippen LogP contribution < -0.4 is 0 Å². The first-order valence-corrected chi connectivity index (χ1v) is 4.58. The highest BCUT2D eigenvalue weighted by Crippen LogP contribution is 2.13. The largest absolute Gasteiger partial charge is 0.392 e. The van der Waals surface area contributed by atoms with Gasteiger partial charge in [0.25, 0.3) is 0 Å². The highest BCUT2D eigenvalue weighted by Gasteiger charge is 2.15. The van der Waals surface area contributed by atoms with Crippen molar-refractivity contribution < 1.29 is 4.92 Å². The van der Waals surface area contributed by atoms with E-state index in [1.54, 1.807) is 19.2 Å². The number of aryl methyl sites for hydroxylation is 1. The minimum atomic E-state index is -0.489. The fourth-order valence-electron chi connectivity index (χ4n) is 1.03. The molecule has 0 amide bonds. The normalized spacial score (nSPS) is 11.0. The maximum atomic E-state index is 10.5. The Kier molecular flexibility index (Phi) is 3.64. The number of hydrogen-bond acceptors (Lipinski definition) is 3. The molecule has 14 heavy (non-hydrogen) atoms. The van der Waals surface area contributed by atoms with Crippen LogP contribution in [0.5, 0.6) is 0 Å². The summed E-state index contributed by atoms with van der Waals surface area (Å²) in [5.74, 6) is 0.340. The smallest absolute Gasteiger partial charge is 0.358 e. The second-order valence-electron chi connectivity index (χ2n) is 2.74. The van der Waals surface area contributed by atoms with Crippen LogP contribution in [0.2, 0.25) is 0 Å². The number of alkyl halides is 1. The molecule has 0 aromatic carbocycles. The molecule has 1 rings (SSSR count). The molecule has 5 nitrogen and oxygen atoms in total. The average Bonchev–Trinajstić information content (AvgIpc) is 2.47. The maximum absolute atomic E-state index is 10.5. The number of aromatic nitrogens is 2. The van der Waals surface area contributed by atoms with Gasteiger partial charge >= 0.3 is 5.82 Å². The fraction of sp³-hybridized carbons (Fsp3) is 0.375. The molecule has 0 aliphatic heterocycles. The molecule has 0 bridgehead atoms. The van der Waals surface area contributed by atoms with Gasteiger partial charge < -0.3 is 10.1 Å². The van der Waals surface area contributed by atoms with Crippen molar-refractivity contribution in [1.29, 1.82) is 0 Å². The molecule has 0 N–H and O–H groups in total. The predicted molar refractivity (Wildman–Crippen MR) is 53.5 cm³/mol.